The normalized spacial score (nSPS) is 12.2. The number of nitrogens with zero attached hydrogens (tertiary/aromatic N) is 1. The first-order valence-corrected chi connectivity index (χ1v) is 4.65. The molecule has 0 spiro atoms. The van der Waals surface area contributed by atoms with Crippen molar-refractivity contribution >= 4 is 11.5 Å². The summed E-state index contributed by atoms with van der Waals surface area (Å²) in [7, 11) is 0. The lowest BCUT2D eigenvalue weighted by molar-refractivity contribution is -0.114. The number of pyridine rings is 1. The molecule has 16 heavy (non-hydrogen) atoms. The minimum absolute atomic E-state index is 0.235. The number of aromatic nitrogens is 1. The predicted molar refractivity (Wildman–Crippen MR) is 63.9 cm³/mol. The summed E-state index contributed by atoms with van der Waals surface area (Å²) >= 11 is 0. The Kier molecular flexibility index (Phi) is 4.03. The average molecular weight is 215 g/mol. The average Bonchev–Trinajstić information content (AvgIpc) is 2.31. The largest absolute Gasteiger partial charge is 0.404 e. The van der Waals surface area contributed by atoms with Crippen LogP contribution in [0.15, 0.2) is 55.0 Å². The standard InChI is InChI=1S/C12H13N3O/c1-2-9(6-11(7-13)12(14)16)10-4-3-5-15-8-10/h2-8H,1,13H2,(H2,14,16)/b9-6+,11-7+. The van der Waals surface area contributed by atoms with E-state index in [0.717, 1.165) is 11.1 Å². The third-order valence-corrected chi connectivity index (χ3v) is 1.99. The Morgan fingerprint density at radius 2 is 2.25 bits per heavy atom. The van der Waals surface area contributed by atoms with Crippen molar-refractivity contribution < 1.29 is 4.79 Å². The molecule has 1 amide bonds. The Morgan fingerprint density at radius 3 is 2.69 bits per heavy atom. The van der Waals surface area contributed by atoms with Crippen molar-refractivity contribution in [2.45, 2.75) is 0 Å². The number of carbonyl (C=O) groups is 1. The third-order valence-electron chi connectivity index (χ3n) is 1.99. The molecule has 4 N–H and O–H groups in total. The van der Waals surface area contributed by atoms with E-state index in [2.05, 4.69) is 11.6 Å². The van der Waals surface area contributed by atoms with Crippen LogP contribution in [-0.2, 0) is 4.79 Å². The van der Waals surface area contributed by atoms with Gasteiger partial charge in [-0.15, -0.1) is 0 Å². The molecule has 82 valence electrons. The summed E-state index contributed by atoms with van der Waals surface area (Å²) in [4.78, 5) is 15.0. The molecule has 4 nitrogen and oxygen atoms in total. The summed E-state index contributed by atoms with van der Waals surface area (Å²) in [6.45, 7) is 3.67. The molecule has 0 bridgehead atoms. The van der Waals surface area contributed by atoms with Gasteiger partial charge in [0, 0.05) is 18.6 Å². The van der Waals surface area contributed by atoms with Crippen LogP contribution < -0.4 is 11.5 Å². The molecule has 0 aliphatic rings. The molecule has 0 saturated heterocycles. The highest BCUT2D eigenvalue weighted by molar-refractivity contribution is 5.97. The lowest BCUT2D eigenvalue weighted by Gasteiger charge is -2.02. The molecular formula is C12H13N3O. The van der Waals surface area contributed by atoms with Gasteiger partial charge < -0.3 is 11.5 Å². The number of carbonyl (C=O) groups excluding carboxylic acids is 1. The van der Waals surface area contributed by atoms with Gasteiger partial charge in [0.15, 0.2) is 0 Å². The van der Waals surface area contributed by atoms with Crippen LogP contribution in [0.25, 0.3) is 5.57 Å². The van der Waals surface area contributed by atoms with Crippen LogP contribution in [0.3, 0.4) is 0 Å². The molecule has 1 aromatic heterocycles. The van der Waals surface area contributed by atoms with Crippen molar-refractivity contribution in [3.63, 3.8) is 0 Å². The topological polar surface area (TPSA) is 82.0 Å². The van der Waals surface area contributed by atoms with Crippen LogP contribution in [0.2, 0.25) is 0 Å². The Morgan fingerprint density at radius 1 is 1.50 bits per heavy atom. The highest BCUT2D eigenvalue weighted by Crippen LogP contribution is 2.15. The van der Waals surface area contributed by atoms with E-state index in [0.29, 0.717) is 0 Å². The maximum atomic E-state index is 11.0. The van der Waals surface area contributed by atoms with Gasteiger partial charge in [-0.05, 0) is 23.3 Å². The van der Waals surface area contributed by atoms with Crippen molar-refractivity contribution in [1.29, 1.82) is 0 Å². The molecule has 0 unspecified atom stereocenters. The second-order valence-electron chi connectivity index (χ2n) is 3.03. The van der Waals surface area contributed by atoms with E-state index in [1.807, 2.05) is 6.07 Å². The summed E-state index contributed by atoms with van der Waals surface area (Å²) in [5.41, 5.74) is 12.3. The van der Waals surface area contributed by atoms with E-state index in [1.54, 1.807) is 30.6 Å². The van der Waals surface area contributed by atoms with Crippen molar-refractivity contribution in [3.8, 4) is 0 Å². The molecule has 1 heterocycles. The van der Waals surface area contributed by atoms with Gasteiger partial charge in [-0.3, -0.25) is 9.78 Å². The van der Waals surface area contributed by atoms with Crippen LogP contribution in [0.1, 0.15) is 5.56 Å². The smallest absolute Gasteiger partial charge is 0.250 e. The number of amides is 1. The lowest BCUT2D eigenvalue weighted by atomic mass is 10.1. The fourth-order valence-electron chi connectivity index (χ4n) is 1.16. The summed E-state index contributed by atoms with van der Waals surface area (Å²) in [6, 6.07) is 3.65. The zero-order valence-corrected chi connectivity index (χ0v) is 8.76. The zero-order chi connectivity index (χ0) is 12.0. The van der Waals surface area contributed by atoms with Gasteiger partial charge in [0.1, 0.15) is 0 Å². The van der Waals surface area contributed by atoms with Crippen LogP contribution in [-0.4, -0.2) is 10.9 Å². The van der Waals surface area contributed by atoms with Gasteiger partial charge in [-0.25, -0.2) is 0 Å². The van der Waals surface area contributed by atoms with Crippen LogP contribution in [0, 0.1) is 0 Å². The van der Waals surface area contributed by atoms with Gasteiger partial charge in [-0.2, -0.15) is 0 Å². The fraction of sp³-hybridized carbons (Fsp3) is 0. The first-order chi connectivity index (χ1) is 7.69. The van der Waals surface area contributed by atoms with Gasteiger partial charge in [0.05, 0.1) is 5.57 Å². The molecule has 1 rings (SSSR count). The third kappa shape index (κ3) is 2.81. The molecular weight excluding hydrogens is 202 g/mol. The molecule has 1 aromatic rings. The van der Waals surface area contributed by atoms with E-state index in [4.69, 9.17) is 11.5 Å². The number of nitrogens with two attached hydrogens (primary N) is 2. The second kappa shape index (κ2) is 5.50. The first kappa shape index (κ1) is 11.7. The lowest BCUT2D eigenvalue weighted by Crippen LogP contribution is -2.14. The maximum absolute atomic E-state index is 11.0. The summed E-state index contributed by atoms with van der Waals surface area (Å²) in [6.07, 6.45) is 7.69. The van der Waals surface area contributed by atoms with E-state index >= 15 is 0 Å². The SMILES string of the molecule is C=C/C(=C\C(=C/N)C(N)=O)c1cccnc1. The summed E-state index contributed by atoms with van der Waals surface area (Å²) in [5.74, 6) is -0.578. The molecule has 0 aliphatic carbocycles. The monoisotopic (exact) mass is 215 g/mol. The van der Waals surface area contributed by atoms with Crippen LogP contribution >= 0.6 is 0 Å². The highest BCUT2D eigenvalue weighted by Gasteiger charge is 2.03. The fourth-order valence-corrected chi connectivity index (χ4v) is 1.16. The molecule has 0 radical (unpaired) electrons. The molecule has 0 atom stereocenters. The van der Waals surface area contributed by atoms with Crippen LogP contribution in [0.4, 0.5) is 0 Å². The van der Waals surface area contributed by atoms with Gasteiger partial charge in [0.2, 0.25) is 5.91 Å². The Hall–Kier alpha value is -2.36. The van der Waals surface area contributed by atoms with E-state index in [1.165, 1.54) is 6.20 Å². The molecule has 0 fully saturated rings. The zero-order valence-electron chi connectivity index (χ0n) is 8.76. The highest BCUT2D eigenvalue weighted by atomic mass is 16.1. The van der Waals surface area contributed by atoms with E-state index < -0.39 is 5.91 Å². The molecule has 0 saturated carbocycles. The number of allylic oxidation sites excluding steroid dienone is 2. The number of primary amides is 1. The van der Waals surface area contributed by atoms with Gasteiger partial charge in [0.25, 0.3) is 0 Å². The number of hydrogen-bond donors (Lipinski definition) is 2. The first-order valence-electron chi connectivity index (χ1n) is 4.65. The summed E-state index contributed by atoms with van der Waals surface area (Å²) in [5, 5.41) is 0. The van der Waals surface area contributed by atoms with Gasteiger partial charge in [-0.1, -0.05) is 18.7 Å². The number of hydrogen-bond acceptors (Lipinski definition) is 3. The van der Waals surface area contributed by atoms with E-state index in [9.17, 15) is 4.79 Å². The predicted octanol–water partition coefficient (Wildman–Crippen LogP) is 0.979. The number of rotatable bonds is 4. The van der Waals surface area contributed by atoms with Crippen molar-refractivity contribution in [2.75, 3.05) is 0 Å². The molecule has 0 aliphatic heterocycles. The van der Waals surface area contributed by atoms with E-state index in [-0.39, 0.29) is 5.57 Å². The van der Waals surface area contributed by atoms with Crippen LogP contribution in [0.5, 0.6) is 0 Å². The minimum Gasteiger partial charge on any atom is -0.404 e. The second-order valence-corrected chi connectivity index (χ2v) is 3.03. The summed E-state index contributed by atoms with van der Waals surface area (Å²) < 4.78 is 0. The van der Waals surface area contributed by atoms with Crippen molar-refractivity contribution in [3.05, 3.63) is 60.6 Å². The Labute approximate surface area is 94.0 Å². The van der Waals surface area contributed by atoms with Crippen molar-refractivity contribution in [1.82, 2.24) is 4.98 Å². The minimum atomic E-state index is -0.578. The Balaban J connectivity index is 3.13. The Bertz CT molecular complexity index is 447. The quantitative estimate of drug-likeness (QED) is 0.580. The molecule has 4 heteroatoms. The molecule has 0 aromatic carbocycles. The van der Waals surface area contributed by atoms with Crippen molar-refractivity contribution in [2.24, 2.45) is 11.5 Å². The van der Waals surface area contributed by atoms with Gasteiger partial charge >= 0.3 is 0 Å². The maximum Gasteiger partial charge on any atom is 0.250 e.